The van der Waals surface area contributed by atoms with Crippen molar-refractivity contribution in [3.8, 4) is 18.1 Å². The Kier molecular flexibility index (Phi) is 6.32. The summed E-state index contributed by atoms with van der Waals surface area (Å²) in [6.45, 7) is 0.240. The maximum Gasteiger partial charge on any atom is 0.331 e. The molecule has 6 heteroatoms. The largest absolute Gasteiger partial charge is 0.489 e. The lowest BCUT2D eigenvalue weighted by atomic mass is 10.2. The number of terminal acetylenes is 1. The highest BCUT2D eigenvalue weighted by atomic mass is 16.6. The summed E-state index contributed by atoms with van der Waals surface area (Å²) in [5.41, 5.74) is 1.67. The van der Waals surface area contributed by atoms with E-state index in [4.69, 9.17) is 15.9 Å². The number of rotatable bonds is 7. The average molecular weight is 337 g/mol. The molecule has 0 fully saturated rings. The van der Waals surface area contributed by atoms with Crippen LogP contribution in [0, 0.1) is 22.5 Å². The molecule has 0 unspecified atom stereocenters. The third kappa shape index (κ3) is 5.84. The first-order valence-corrected chi connectivity index (χ1v) is 7.33. The van der Waals surface area contributed by atoms with Gasteiger partial charge in [0, 0.05) is 18.2 Å². The Morgan fingerprint density at radius 1 is 1.16 bits per heavy atom. The van der Waals surface area contributed by atoms with Crippen molar-refractivity contribution >= 4 is 17.7 Å². The van der Waals surface area contributed by atoms with Crippen molar-refractivity contribution in [1.29, 1.82) is 0 Å². The van der Waals surface area contributed by atoms with Crippen LogP contribution in [0.15, 0.2) is 54.6 Å². The Morgan fingerprint density at radius 3 is 2.44 bits per heavy atom. The van der Waals surface area contributed by atoms with E-state index in [9.17, 15) is 14.9 Å². The predicted molar refractivity (Wildman–Crippen MR) is 92.7 cm³/mol. The van der Waals surface area contributed by atoms with E-state index in [1.54, 1.807) is 42.5 Å². The second-order valence-electron chi connectivity index (χ2n) is 4.93. The minimum absolute atomic E-state index is 0.0423. The molecule has 0 radical (unpaired) electrons. The number of esters is 1. The fourth-order valence-electron chi connectivity index (χ4n) is 1.88. The number of benzene rings is 2. The molecule has 2 rings (SSSR count). The minimum atomic E-state index is -0.503. The van der Waals surface area contributed by atoms with Gasteiger partial charge in [-0.25, -0.2) is 4.79 Å². The van der Waals surface area contributed by atoms with Crippen molar-refractivity contribution in [3.05, 3.63) is 75.8 Å². The van der Waals surface area contributed by atoms with Crippen molar-refractivity contribution in [2.24, 2.45) is 0 Å². The van der Waals surface area contributed by atoms with E-state index in [-0.39, 0.29) is 12.3 Å². The number of nitrogens with zero attached hydrogens (tertiary/aromatic N) is 1. The molecule has 2 aromatic rings. The Labute approximate surface area is 144 Å². The molecule has 0 aliphatic rings. The maximum atomic E-state index is 11.3. The third-order valence-electron chi connectivity index (χ3n) is 3.14. The van der Waals surface area contributed by atoms with Crippen LogP contribution in [0.4, 0.5) is 5.69 Å². The van der Waals surface area contributed by atoms with E-state index < -0.39 is 10.9 Å². The maximum absolute atomic E-state index is 11.3. The summed E-state index contributed by atoms with van der Waals surface area (Å²) >= 11 is 0. The molecular weight excluding hydrogens is 322 g/mol. The lowest BCUT2D eigenvalue weighted by Crippen LogP contribution is -1.99. The average Bonchev–Trinajstić information content (AvgIpc) is 2.64. The molecule has 0 saturated carbocycles. The lowest BCUT2D eigenvalue weighted by Gasteiger charge is -2.06. The van der Waals surface area contributed by atoms with Gasteiger partial charge in [0.1, 0.15) is 12.4 Å². The first-order valence-electron chi connectivity index (χ1n) is 7.33. The van der Waals surface area contributed by atoms with E-state index in [2.05, 4.69) is 5.92 Å². The number of non-ortho nitro benzene ring substituents is 1. The highest BCUT2D eigenvalue weighted by molar-refractivity contribution is 5.87. The monoisotopic (exact) mass is 337 g/mol. The van der Waals surface area contributed by atoms with E-state index >= 15 is 0 Å². The van der Waals surface area contributed by atoms with Crippen molar-refractivity contribution in [2.75, 3.05) is 6.61 Å². The molecule has 0 saturated heterocycles. The molecule has 0 amide bonds. The van der Waals surface area contributed by atoms with E-state index in [0.717, 1.165) is 11.1 Å². The van der Waals surface area contributed by atoms with Crippen LogP contribution in [-0.2, 0) is 16.1 Å². The van der Waals surface area contributed by atoms with Gasteiger partial charge in [0.25, 0.3) is 5.69 Å². The van der Waals surface area contributed by atoms with Crippen LogP contribution in [0.3, 0.4) is 0 Å². The van der Waals surface area contributed by atoms with Gasteiger partial charge in [-0.05, 0) is 41.5 Å². The van der Waals surface area contributed by atoms with Crippen LogP contribution in [-0.4, -0.2) is 17.5 Å². The topological polar surface area (TPSA) is 78.7 Å². The van der Waals surface area contributed by atoms with Crippen molar-refractivity contribution in [1.82, 2.24) is 0 Å². The zero-order valence-corrected chi connectivity index (χ0v) is 13.3. The third-order valence-corrected chi connectivity index (χ3v) is 3.14. The van der Waals surface area contributed by atoms with Crippen LogP contribution in [0.2, 0.25) is 0 Å². The molecule has 2 aromatic carbocycles. The van der Waals surface area contributed by atoms with Gasteiger partial charge in [-0.15, -0.1) is 6.42 Å². The summed E-state index contributed by atoms with van der Waals surface area (Å²) in [5, 5.41) is 10.6. The van der Waals surface area contributed by atoms with Crippen LogP contribution < -0.4 is 4.74 Å². The molecule has 0 N–H and O–H groups in total. The Morgan fingerprint density at radius 2 is 1.84 bits per heavy atom. The summed E-state index contributed by atoms with van der Waals surface area (Å²) in [6.07, 6.45) is 7.90. The normalized spacial score (nSPS) is 10.2. The second kappa shape index (κ2) is 8.89. The summed E-state index contributed by atoms with van der Waals surface area (Å²) in [5.74, 6) is 2.35. The first-order chi connectivity index (χ1) is 12.1. The first kappa shape index (κ1) is 17.8. The number of carbonyl (C=O) groups excluding carboxylic acids is 1. The Balaban J connectivity index is 1.87. The van der Waals surface area contributed by atoms with Gasteiger partial charge in [0.15, 0.2) is 6.61 Å². The molecule has 0 atom stereocenters. The number of nitro groups is 1. The molecule has 0 bridgehead atoms. The second-order valence-corrected chi connectivity index (χ2v) is 4.93. The fraction of sp³-hybridized carbons (Fsp3) is 0.105. The quantitative estimate of drug-likeness (QED) is 0.254. The van der Waals surface area contributed by atoms with Gasteiger partial charge in [0.2, 0.25) is 0 Å². The van der Waals surface area contributed by atoms with Crippen LogP contribution in [0.25, 0.3) is 6.08 Å². The summed E-state index contributed by atoms with van der Waals surface area (Å²) in [4.78, 5) is 21.5. The van der Waals surface area contributed by atoms with E-state index in [1.165, 1.54) is 18.2 Å². The number of carbonyl (C=O) groups is 1. The highest BCUT2D eigenvalue weighted by Gasteiger charge is 2.04. The van der Waals surface area contributed by atoms with Crippen molar-refractivity contribution < 1.29 is 19.2 Å². The smallest absolute Gasteiger partial charge is 0.331 e. The molecule has 0 aromatic heterocycles. The molecule has 0 aliphatic heterocycles. The number of hydrogen-bond donors (Lipinski definition) is 0. The van der Waals surface area contributed by atoms with E-state index in [0.29, 0.717) is 12.4 Å². The number of ether oxygens (including phenoxy) is 2. The highest BCUT2D eigenvalue weighted by Crippen LogP contribution is 2.17. The van der Waals surface area contributed by atoms with Crippen LogP contribution >= 0.6 is 0 Å². The minimum Gasteiger partial charge on any atom is -0.489 e. The fourth-order valence-corrected chi connectivity index (χ4v) is 1.88. The Bertz CT molecular complexity index is 801. The SMILES string of the molecule is C#CCOC(=O)/C=C/c1ccc(OCc2ccc([N+](=O)[O-])cc2)cc1. The van der Waals surface area contributed by atoms with Crippen LogP contribution in [0.1, 0.15) is 11.1 Å². The summed E-state index contributed by atoms with van der Waals surface area (Å²) < 4.78 is 10.3. The van der Waals surface area contributed by atoms with Crippen molar-refractivity contribution in [2.45, 2.75) is 6.61 Å². The molecule has 0 spiro atoms. The van der Waals surface area contributed by atoms with Gasteiger partial charge in [-0.2, -0.15) is 0 Å². The molecule has 6 nitrogen and oxygen atoms in total. The molecule has 0 aliphatic carbocycles. The van der Waals surface area contributed by atoms with Crippen molar-refractivity contribution in [3.63, 3.8) is 0 Å². The van der Waals surface area contributed by atoms with Gasteiger partial charge in [0.05, 0.1) is 4.92 Å². The van der Waals surface area contributed by atoms with Gasteiger partial charge in [-0.3, -0.25) is 10.1 Å². The van der Waals surface area contributed by atoms with E-state index in [1.807, 2.05) is 0 Å². The van der Waals surface area contributed by atoms with Gasteiger partial charge >= 0.3 is 5.97 Å². The van der Waals surface area contributed by atoms with Gasteiger partial charge < -0.3 is 9.47 Å². The lowest BCUT2D eigenvalue weighted by molar-refractivity contribution is -0.384. The zero-order valence-electron chi connectivity index (χ0n) is 13.3. The molecular formula is C19H15NO5. The molecule has 25 heavy (non-hydrogen) atoms. The van der Waals surface area contributed by atoms with Crippen LogP contribution in [0.5, 0.6) is 5.75 Å². The summed E-state index contributed by atoms with van der Waals surface area (Å²) in [6, 6.07) is 13.3. The summed E-state index contributed by atoms with van der Waals surface area (Å²) in [7, 11) is 0. The number of nitro benzene ring substituents is 1. The number of hydrogen-bond acceptors (Lipinski definition) is 5. The zero-order chi connectivity index (χ0) is 18.1. The predicted octanol–water partition coefficient (Wildman–Crippen LogP) is 3.36. The van der Waals surface area contributed by atoms with Gasteiger partial charge in [-0.1, -0.05) is 18.1 Å². The Hall–Kier alpha value is -3.59. The molecule has 126 valence electrons. The standard InChI is InChI=1S/C19H15NO5/c1-2-13-24-19(21)12-7-15-5-10-18(11-6-15)25-14-16-3-8-17(9-4-16)20(22)23/h1,3-12H,13-14H2/b12-7+. The molecule has 0 heterocycles.